The van der Waals surface area contributed by atoms with Gasteiger partial charge >= 0.3 is 0 Å². The number of likely N-dealkylation sites (tertiary alicyclic amines) is 1. The lowest BCUT2D eigenvalue weighted by molar-refractivity contribution is -0.140. The van der Waals surface area contributed by atoms with Crippen LogP contribution in [0, 0.1) is 0 Å². The van der Waals surface area contributed by atoms with Crippen molar-refractivity contribution in [1.82, 2.24) is 10.2 Å². The Morgan fingerprint density at radius 1 is 1.36 bits per heavy atom. The van der Waals surface area contributed by atoms with Crippen molar-refractivity contribution >= 4 is 11.8 Å². The average molecular weight is 194 g/mol. The molecular weight excluding hydrogens is 180 g/mol. The van der Waals surface area contributed by atoms with E-state index in [-0.39, 0.29) is 17.9 Å². The van der Waals surface area contributed by atoms with Crippen molar-refractivity contribution < 1.29 is 9.59 Å². The molecule has 3 rings (SSSR count). The van der Waals surface area contributed by atoms with E-state index in [0.29, 0.717) is 6.42 Å². The van der Waals surface area contributed by atoms with Crippen LogP contribution >= 0.6 is 0 Å². The molecule has 0 aromatic rings. The van der Waals surface area contributed by atoms with Crippen LogP contribution < -0.4 is 5.32 Å². The Morgan fingerprint density at radius 2 is 2.14 bits per heavy atom. The van der Waals surface area contributed by atoms with E-state index in [1.54, 1.807) is 0 Å². The van der Waals surface area contributed by atoms with E-state index in [1.807, 2.05) is 0 Å². The summed E-state index contributed by atoms with van der Waals surface area (Å²) in [5, 5.41) is 3.21. The van der Waals surface area contributed by atoms with Gasteiger partial charge in [-0.05, 0) is 32.2 Å². The lowest BCUT2D eigenvalue weighted by atomic mass is 9.96. The van der Waals surface area contributed by atoms with Gasteiger partial charge in [0, 0.05) is 6.04 Å². The zero-order chi connectivity index (χ0) is 9.76. The number of carbonyl (C=O) groups excluding carboxylic acids is 2. The molecule has 4 heteroatoms. The Hall–Kier alpha value is -0.900. The summed E-state index contributed by atoms with van der Waals surface area (Å²) in [6.07, 6.45) is 4.25. The van der Waals surface area contributed by atoms with Crippen molar-refractivity contribution in [2.24, 2.45) is 0 Å². The van der Waals surface area contributed by atoms with E-state index in [0.717, 1.165) is 32.2 Å². The Morgan fingerprint density at radius 3 is 2.71 bits per heavy atom. The van der Waals surface area contributed by atoms with Crippen LogP contribution in [0.25, 0.3) is 0 Å². The second-order valence-electron chi connectivity index (χ2n) is 4.59. The number of hydrogen-bond acceptors (Lipinski definition) is 3. The number of hydrogen-bond donors (Lipinski definition) is 1. The van der Waals surface area contributed by atoms with Gasteiger partial charge in [0.05, 0.1) is 6.42 Å². The summed E-state index contributed by atoms with van der Waals surface area (Å²) in [4.78, 5) is 25.3. The molecule has 1 N–H and O–H groups in total. The van der Waals surface area contributed by atoms with Crippen molar-refractivity contribution in [1.29, 1.82) is 0 Å². The Labute approximate surface area is 82.6 Å². The van der Waals surface area contributed by atoms with Crippen molar-refractivity contribution in [2.75, 3.05) is 6.54 Å². The van der Waals surface area contributed by atoms with E-state index in [1.165, 1.54) is 4.90 Å². The van der Waals surface area contributed by atoms with Gasteiger partial charge in [-0.3, -0.25) is 14.5 Å². The van der Waals surface area contributed by atoms with Gasteiger partial charge in [-0.25, -0.2) is 0 Å². The van der Waals surface area contributed by atoms with E-state index < -0.39 is 5.54 Å². The standard InChI is InChI=1S/C10H14N2O2/c13-8-6-10(4-1-5-11-10)9(14)12(8)7-2-3-7/h7,11H,1-6H2. The number of carbonyl (C=O) groups is 2. The smallest absolute Gasteiger partial charge is 0.250 e. The molecule has 14 heavy (non-hydrogen) atoms. The molecule has 1 aliphatic carbocycles. The molecule has 0 aromatic carbocycles. The fraction of sp³-hybridized carbons (Fsp3) is 0.800. The summed E-state index contributed by atoms with van der Waals surface area (Å²) in [5.74, 6) is 0.0781. The predicted molar refractivity (Wildman–Crippen MR) is 49.5 cm³/mol. The molecule has 0 radical (unpaired) electrons. The Kier molecular flexibility index (Phi) is 1.54. The quantitative estimate of drug-likeness (QED) is 0.599. The fourth-order valence-corrected chi connectivity index (χ4v) is 2.60. The molecule has 0 aromatic heterocycles. The summed E-state index contributed by atoms with van der Waals surface area (Å²) in [7, 11) is 0. The second-order valence-corrected chi connectivity index (χ2v) is 4.59. The van der Waals surface area contributed by atoms with Gasteiger partial charge in [-0.2, -0.15) is 0 Å². The summed E-state index contributed by atoms with van der Waals surface area (Å²) in [6, 6.07) is 0.233. The normalized spacial score (nSPS) is 37.6. The average Bonchev–Trinajstić information content (AvgIpc) is 2.81. The molecule has 2 amide bonds. The van der Waals surface area contributed by atoms with Crippen LogP contribution in [0.1, 0.15) is 32.1 Å². The van der Waals surface area contributed by atoms with Crippen LogP contribution in [0.4, 0.5) is 0 Å². The van der Waals surface area contributed by atoms with Crippen molar-refractivity contribution in [2.45, 2.75) is 43.7 Å². The molecule has 76 valence electrons. The number of rotatable bonds is 1. The van der Waals surface area contributed by atoms with Crippen LogP contribution in [0.3, 0.4) is 0 Å². The van der Waals surface area contributed by atoms with Gasteiger partial charge in [0.1, 0.15) is 5.54 Å². The summed E-state index contributed by atoms with van der Waals surface area (Å²) >= 11 is 0. The van der Waals surface area contributed by atoms with Gasteiger partial charge in [0.25, 0.3) is 0 Å². The highest BCUT2D eigenvalue weighted by Gasteiger charge is 2.56. The Balaban J connectivity index is 1.90. The SMILES string of the molecule is O=C1CC2(CCCN2)C(=O)N1C1CC1. The maximum absolute atomic E-state index is 12.1. The van der Waals surface area contributed by atoms with E-state index in [2.05, 4.69) is 5.32 Å². The number of nitrogens with one attached hydrogen (secondary N) is 1. The molecule has 1 atom stereocenters. The highest BCUT2D eigenvalue weighted by Crippen LogP contribution is 2.38. The molecule has 3 aliphatic rings. The summed E-state index contributed by atoms with van der Waals surface area (Å²) in [6.45, 7) is 0.873. The third kappa shape index (κ3) is 0.974. The number of imide groups is 1. The first-order valence-electron chi connectivity index (χ1n) is 5.34. The van der Waals surface area contributed by atoms with Crippen LogP contribution in [0.5, 0.6) is 0 Å². The first kappa shape index (κ1) is 8.41. The second kappa shape index (κ2) is 2.57. The van der Waals surface area contributed by atoms with E-state index in [4.69, 9.17) is 0 Å². The lowest BCUT2D eigenvalue weighted by Crippen LogP contribution is -2.48. The molecule has 3 fully saturated rings. The van der Waals surface area contributed by atoms with Crippen molar-refractivity contribution in [3.05, 3.63) is 0 Å². The van der Waals surface area contributed by atoms with Gasteiger partial charge in [0.15, 0.2) is 0 Å². The molecule has 2 saturated heterocycles. The maximum atomic E-state index is 12.1. The summed E-state index contributed by atoms with van der Waals surface area (Å²) < 4.78 is 0. The third-order valence-corrected chi connectivity index (χ3v) is 3.51. The molecule has 1 saturated carbocycles. The molecule has 4 nitrogen and oxygen atoms in total. The first-order valence-corrected chi connectivity index (χ1v) is 5.34. The van der Waals surface area contributed by atoms with Gasteiger partial charge < -0.3 is 5.32 Å². The molecular formula is C10H14N2O2. The highest BCUT2D eigenvalue weighted by atomic mass is 16.2. The minimum Gasteiger partial charge on any atom is -0.303 e. The lowest BCUT2D eigenvalue weighted by Gasteiger charge is -2.21. The Bertz CT molecular complexity index is 303. The third-order valence-electron chi connectivity index (χ3n) is 3.51. The largest absolute Gasteiger partial charge is 0.303 e. The van der Waals surface area contributed by atoms with E-state index >= 15 is 0 Å². The summed E-state index contributed by atoms with van der Waals surface area (Å²) in [5.41, 5.74) is -0.500. The zero-order valence-corrected chi connectivity index (χ0v) is 8.08. The van der Waals surface area contributed by atoms with Crippen LogP contribution in [-0.2, 0) is 9.59 Å². The molecule has 1 unspecified atom stereocenters. The zero-order valence-electron chi connectivity index (χ0n) is 8.08. The van der Waals surface area contributed by atoms with Crippen LogP contribution in [-0.4, -0.2) is 34.8 Å². The predicted octanol–water partition coefficient (Wildman–Crippen LogP) is 0.0299. The van der Waals surface area contributed by atoms with Crippen LogP contribution in [0.15, 0.2) is 0 Å². The van der Waals surface area contributed by atoms with Gasteiger partial charge in [-0.15, -0.1) is 0 Å². The monoisotopic (exact) mass is 194 g/mol. The van der Waals surface area contributed by atoms with Gasteiger partial charge in [0.2, 0.25) is 11.8 Å². The highest BCUT2D eigenvalue weighted by molar-refractivity contribution is 6.09. The molecule has 2 heterocycles. The minimum absolute atomic E-state index is 0.0342. The topological polar surface area (TPSA) is 49.4 Å². The van der Waals surface area contributed by atoms with Crippen molar-refractivity contribution in [3.8, 4) is 0 Å². The van der Waals surface area contributed by atoms with Crippen LogP contribution in [0.2, 0.25) is 0 Å². The maximum Gasteiger partial charge on any atom is 0.250 e. The minimum atomic E-state index is -0.500. The van der Waals surface area contributed by atoms with Crippen molar-refractivity contribution in [3.63, 3.8) is 0 Å². The number of amides is 2. The molecule has 2 aliphatic heterocycles. The van der Waals surface area contributed by atoms with E-state index in [9.17, 15) is 9.59 Å². The van der Waals surface area contributed by atoms with Gasteiger partial charge in [-0.1, -0.05) is 0 Å². The fourth-order valence-electron chi connectivity index (χ4n) is 2.60. The first-order chi connectivity index (χ1) is 6.73. The molecule has 1 spiro atoms. The number of nitrogens with zero attached hydrogens (tertiary/aromatic N) is 1. The molecule has 0 bridgehead atoms.